The van der Waals surface area contributed by atoms with Gasteiger partial charge in [-0.1, -0.05) is 6.07 Å². The molecule has 0 bridgehead atoms. The lowest BCUT2D eigenvalue weighted by Crippen LogP contribution is -2.17. The highest BCUT2D eigenvalue weighted by molar-refractivity contribution is 5.56. The average molecular weight is 217 g/mol. The van der Waals surface area contributed by atoms with Crippen LogP contribution in [0.1, 0.15) is 23.7 Å². The van der Waals surface area contributed by atoms with Crippen LogP contribution in [0.4, 0.5) is 10.1 Å². The number of halogens is 1. The van der Waals surface area contributed by atoms with Crippen LogP contribution in [0.15, 0.2) is 41.0 Å². The van der Waals surface area contributed by atoms with Gasteiger partial charge < -0.3 is 9.73 Å². The lowest BCUT2D eigenvalue weighted by molar-refractivity contribution is 0.474. The normalized spacial score (nSPS) is 18.9. The first-order chi connectivity index (χ1) is 7.84. The molecule has 0 fully saturated rings. The maximum Gasteiger partial charge on any atom is 0.125 e. The second-order valence-electron chi connectivity index (χ2n) is 4.02. The minimum Gasteiger partial charge on any atom is -0.469 e. The molecule has 0 aliphatic carbocycles. The summed E-state index contributed by atoms with van der Waals surface area (Å²) in [4.78, 5) is 0. The van der Waals surface area contributed by atoms with Gasteiger partial charge in [-0.3, -0.25) is 0 Å². The van der Waals surface area contributed by atoms with Crippen molar-refractivity contribution < 1.29 is 8.81 Å². The predicted molar refractivity (Wildman–Crippen MR) is 60.1 cm³/mol. The topological polar surface area (TPSA) is 25.2 Å². The largest absolute Gasteiger partial charge is 0.469 e. The molecule has 1 atom stereocenters. The van der Waals surface area contributed by atoms with Crippen molar-refractivity contribution in [1.29, 1.82) is 0 Å². The van der Waals surface area contributed by atoms with Crippen LogP contribution < -0.4 is 5.32 Å². The fraction of sp³-hybridized carbons (Fsp3) is 0.231. The minimum absolute atomic E-state index is 0.202. The highest BCUT2D eigenvalue weighted by atomic mass is 19.1. The van der Waals surface area contributed by atoms with Gasteiger partial charge in [-0.25, -0.2) is 4.39 Å². The number of nitrogens with one attached hydrogen (secondary N) is 1. The van der Waals surface area contributed by atoms with E-state index in [9.17, 15) is 4.39 Å². The van der Waals surface area contributed by atoms with E-state index < -0.39 is 0 Å². The van der Waals surface area contributed by atoms with Crippen molar-refractivity contribution in [3.8, 4) is 0 Å². The lowest BCUT2D eigenvalue weighted by atomic mass is 9.89. The van der Waals surface area contributed by atoms with Crippen molar-refractivity contribution in [2.24, 2.45) is 0 Å². The first-order valence-corrected chi connectivity index (χ1v) is 5.41. The van der Waals surface area contributed by atoms with Gasteiger partial charge in [-0.05, 0) is 36.2 Å². The van der Waals surface area contributed by atoms with E-state index in [-0.39, 0.29) is 11.7 Å². The van der Waals surface area contributed by atoms with E-state index in [1.165, 1.54) is 6.07 Å². The molecule has 1 unspecified atom stereocenters. The molecule has 0 saturated carbocycles. The third kappa shape index (κ3) is 1.48. The summed E-state index contributed by atoms with van der Waals surface area (Å²) in [5.41, 5.74) is 2.00. The second kappa shape index (κ2) is 3.67. The number of furan rings is 1. The van der Waals surface area contributed by atoms with E-state index in [4.69, 9.17) is 4.42 Å². The Kier molecular flexibility index (Phi) is 2.17. The van der Waals surface area contributed by atoms with Gasteiger partial charge in [0.05, 0.1) is 6.26 Å². The molecule has 16 heavy (non-hydrogen) atoms. The molecule has 0 spiro atoms. The fourth-order valence-corrected chi connectivity index (χ4v) is 2.28. The van der Waals surface area contributed by atoms with E-state index in [1.807, 2.05) is 18.2 Å². The molecule has 1 aromatic heterocycles. The van der Waals surface area contributed by atoms with Crippen LogP contribution in [0.5, 0.6) is 0 Å². The molecule has 2 heterocycles. The Bertz CT molecular complexity index is 493. The zero-order valence-electron chi connectivity index (χ0n) is 8.74. The van der Waals surface area contributed by atoms with Crippen LogP contribution in [0.2, 0.25) is 0 Å². The van der Waals surface area contributed by atoms with E-state index in [2.05, 4.69) is 5.32 Å². The average Bonchev–Trinajstić information content (AvgIpc) is 2.81. The molecule has 2 nitrogen and oxygen atoms in total. The smallest absolute Gasteiger partial charge is 0.125 e. The quantitative estimate of drug-likeness (QED) is 0.792. The molecular weight excluding hydrogens is 205 g/mol. The highest BCUT2D eigenvalue weighted by Gasteiger charge is 2.23. The zero-order valence-corrected chi connectivity index (χ0v) is 8.74. The van der Waals surface area contributed by atoms with Crippen molar-refractivity contribution in [2.45, 2.75) is 12.3 Å². The van der Waals surface area contributed by atoms with Gasteiger partial charge >= 0.3 is 0 Å². The first-order valence-electron chi connectivity index (χ1n) is 5.41. The van der Waals surface area contributed by atoms with Gasteiger partial charge in [0.1, 0.15) is 11.6 Å². The fourth-order valence-electron chi connectivity index (χ4n) is 2.28. The van der Waals surface area contributed by atoms with Crippen LogP contribution in [-0.4, -0.2) is 6.54 Å². The summed E-state index contributed by atoms with van der Waals surface area (Å²) in [6.07, 6.45) is 2.66. The molecular formula is C13H12FNO. The van der Waals surface area contributed by atoms with Crippen molar-refractivity contribution in [1.82, 2.24) is 0 Å². The van der Waals surface area contributed by atoms with Crippen molar-refractivity contribution >= 4 is 5.69 Å². The van der Waals surface area contributed by atoms with E-state index in [1.54, 1.807) is 12.3 Å². The molecule has 0 radical (unpaired) electrons. The summed E-state index contributed by atoms with van der Waals surface area (Å²) >= 11 is 0. The van der Waals surface area contributed by atoms with Gasteiger partial charge in [-0.2, -0.15) is 0 Å². The molecule has 82 valence electrons. The molecule has 3 rings (SSSR count). The van der Waals surface area contributed by atoms with Crippen LogP contribution in [-0.2, 0) is 0 Å². The van der Waals surface area contributed by atoms with Crippen LogP contribution in [0.25, 0.3) is 0 Å². The molecule has 2 aromatic rings. The first kappa shape index (κ1) is 9.46. The Morgan fingerprint density at radius 2 is 2.25 bits per heavy atom. The molecule has 0 amide bonds. The maximum atomic E-state index is 13.1. The van der Waals surface area contributed by atoms with Gasteiger partial charge in [0.2, 0.25) is 0 Å². The molecule has 3 heteroatoms. The zero-order chi connectivity index (χ0) is 11.0. The van der Waals surface area contributed by atoms with E-state index in [0.29, 0.717) is 0 Å². The molecule has 0 saturated heterocycles. The molecule has 1 aliphatic heterocycles. The highest BCUT2D eigenvalue weighted by Crippen LogP contribution is 2.36. The Balaban J connectivity index is 2.06. The number of anilines is 1. The number of hydrogen-bond donors (Lipinski definition) is 1. The Hall–Kier alpha value is -1.77. The summed E-state index contributed by atoms with van der Waals surface area (Å²) in [6, 6.07) is 8.75. The third-order valence-electron chi connectivity index (χ3n) is 3.03. The SMILES string of the molecule is Fc1ccc2c(c1)NCCC2c1ccco1. The third-order valence-corrected chi connectivity index (χ3v) is 3.03. The molecule has 1 aliphatic rings. The van der Waals surface area contributed by atoms with Gasteiger partial charge in [-0.15, -0.1) is 0 Å². The van der Waals surface area contributed by atoms with Crippen LogP contribution >= 0.6 is 0 Å². The van der Waals surface area contributed by atoms with E-state index >= 15 is 0 Å². The second-order valence-corrected chi connectivity index (χ2v) is 4.02. The summed E-state index contributed by atoms with van der Waals surface area (Å²) in [5, 5.41) is 3.21. The Morgan fingerprint density at radius 1 is 1.31 bits per heavy atom. The number of fused-ring (bicyclic) bond motifs is 1. The lowest BCUT2D eigenvalue weighted by Gasteiger charge is -2.25. The molecule has 1 N–H and O–H groups in total. The van der Waals surface area contributed by atoms with Crippen LogP contribution in [0, 0.1) is 5.82 Å². The standard InChI is InChI=1S/C13H12FNO/c14-9-3-4-10-11(13-2-1-7-16-13)5-6-15-12(10)8-9/h1-4,7-8,11,15H,5-6H2. The summed E-state index contributed by atoms with van der Waals surface area (Å²) < 4.78 is 18.5. The Morgan fingerprint density at radius 3 is 3.06 bits per heavy atom. The van der Waals surface area contributed by atoms with Crippen molar-refractivity contribution in [3.63, 3.8) is 0 Å². The monoisotopic (exact) mass is 217 g/mol. The van der Waals surface area contributed by atoms with Crippen LogP contribution in [0.3, 0.4) is 0 Å². The summed E-state index contributed by atoms with van der Waals surface area (Å²) in [7, 11) is 0. The summed E-state index contributed by atoms with van der Waals surface area (Å²) in [6.45, 7) is 0.849. The number of hydrogen-bond acceptors (Lipinski definition) is 2. The van der Waals surface area contributed by atoms with Crippen molar-refractivity contribution in [2.75, 3.05) is 11.9 Å². The van der Waals surface area contributed by atoms with Gasteiger partial charge in [0, 0.05) is 18.2 Å². The molecule has 1 aromatic carbocycles. The Labute approximate surface area is 93.1 Å². The van der Waals surface area contributed by atoms with Crippen molar-refractivity contribution in [3.05, 3.63) is 53.7 Å². The minimum atomic E-state index is -0.202. The van der Waals surface area contributed by atoms with E-state index in [0.717, 1.165) is 30.0 Å². The van der Waals surface area contributed by atoms with Gasteiger partial charge in [0.15, 0.2) is 0 Å². The van der Waals surface area contributed by atoms with Gasteiger partial charge in [0.25, 0.3) is 0 Å². The number of rotatable bonds is 1. The number of benzene rings is 1. The summed E-state index contributed by atoms with van der Waals surface area (Å²) in [5.74, 6) is 0.993. The predicted octanol–water partition coefficient (Wildman–Crippen LogP) is 3.37. The maximum absolute atomic E-state index is 13.1.